The summed E-state index contributed by atoms with van der Waals surface area (Å²) in [6.07, 6.45) is 2.43. The highest BCUT2D eigenvalue weighted by molar-refractivity contribution is 5.89. The summed E-state index contributed by atoms with van der Waals surface area (Å²) in [5.41, 5.74) is 4.68. The molecule has 1 saturated heterocycles. The molecule has 1 fully saturated rings. The molecular formula is C24H30N4O. The summed E-state index contributed by atoms with van der Waals surface area (Å²) < 4.78 is 0. The predicted molar refractivity (Wildman–Crippen MR) is 121 cm³/mol. The van der Waals surface area contributed by atoms with E-state index < -0.39 is 0 Å². The van der Waals surface area contributed by atoms with Crippen molar-refractivity contribution in [1.82, 2.24) is 9.88 Å². The lowest BCUT2D eigenvalue weighted by atomic mass is 10.1. The lowest BCUT2D eigenvalue weighted by Gasteiger charge is -2.36. The zero-order chi connectivity index (χ0) is 20.2. The number of carbonyl (C=O) groups excluding carboxylic acids is 1. The number of nitrogens with zero attached hydrogens (tertiary/aromatic N) is 3. The van der Waals surface area contributed by atoms with Gasteiger partial charge in [0.15, 0.2) is 0 Å². The molecular weight excluding hydrogens is 360 g/mol. The number of carbonyl (C=O) groups is 1. The van der Waals surface area contributed by atoms with Crippen LogP contribution in [0.2, 0.25) is 0 Å². The molecule has 1 amide bonds. The number of amides is 1. The van der Waals surface area contributed by atoms with Gasteiger partial charge in [-0.25, -0.2) is 0 Å². The highest BCUT2D eigenvalue weighted by Gasteiger charge is 2.22. The summed E-state index contributed by atoms with van der Waals surface area (Å²) >= 11 is 0. The first-order valence-corrected chi connectivity index (χ1v) is 10.6. The van der Waals surface area contributed by atoms with Crippen LogP contribution < -0.4 is 9.80 Å². The number of anilines is 2. The molecule has 2 aromatic carbocycles. The highest BCUT2D eigenvalue weighted by atomic mass is 16.2. The van der Waals surface area contributed by atoms with Crippen LogP contribution >= 0.6 is 0 Å². The molecule has 0 atom stereocenters. The zero-order valence-electron chi connectivity index (χ0n) is 17.4. The van der Waals surface area contributed by atoms with Gasteiger partial charge in [-0.15, -0.1) is 0 Å². The highest BCUT2D eigenvalue weighted by Crippen LogP contribution is 2.23. The van der Waals surface area contributed by atoms with Crippen LogP contribution in [0.3, 0.4) is 0 Å². The Labute approximate surface area is 172 Å². The van der Waals surface area contributed by atoms with Crippen LogP contribution in [-0.2, 0) is 11.2 Å². The quantitative estimate of drug-likeness (QED) is 0.694. The fraction of sp³-hybridized carbons (Fsp3) is 0.375. The number of fused-ring (bicyclic) bond motifs is 1. The summed E-state index contributed by atoms with van der Waals surface area (Å²) in [6.45, 7) is 9.72. The number of H-pyrrole nitrogens is 1. The Hall–Kier alpha value is -2.95. The predicted octanol–water partition coefficient (Wildman–Crippen LogP) is 3.91. The molecule has 0 radical (unpaired) electrons. The third kappa shape index (κ3) is 4.09. The van der Waals surface area contributed by atoms with Crippen LogP contribution in [0.15, 0.2) is 54.7 Å². The molecule has 1 aliphatic rings. The Morgan fingerprint density at radius 3 is 2.34 bits per heavy atom. The number of aromatic nitrogens is 1. The first-order chi connectivity index (χ1) is 14.2. The second-order valence-electron chi connectivity index (χ2n) is 7.59. The third-order valence-electron chi connectivity index (χ3n) is 5.99. The van der Waals surface area contributed by atoms with Crippen LogP contribution in [0.1, 0.15) is 19.4 Å². The van der Waals surface area contributed by atoms with Gasteiger partial charge in [-0.05, 0) is 49.7 Å². The molecule has 0 saturated carbocycles. The molecule has 4 rings (SSSR count). The van der Waals surface area contributed by atoms with Crippen LogP contribution in [0.5, 0.6) is 0 Å². The Balaban J connectivity index is 1.35. The molecule has 1 N–H and O–H groups in total. The Kier molecular flexibility index (Phi) is 5.74. The minimum absolute atomic E-state index is 0.214. The normalized spacial score (nSPS) is 14.4. The molecule has 3 aromatic rings. The summed E-state index contributed by atoms with van der Waals surface area (Å²) in [6, 6.07) is 17.0. The third-order valence-corrected chi connectivity index (χ3v) is 5.99. The van der Waals surface area contributed by atoms with Gasteiger partial charge < -0.3 is 19.7 Å². The number of aromatic amines is 1. The second kappa shape index (κ2) is 8.60. The van der Waals surface area contributed by atoms with Crippen molar-refractivity contribution in [3.05, 3.63) is 60.3 Å². The fourth-order valence-corrected chi connectivity index (χ4v) is 4.23. The minimum atomic E-state index is 0.214. The van der Waals surface area contributed by atoms with Crippen molar-refractivity contribution in [2.45, 2.75) is 20.3 Å². The van der Waals surface area contributed by atoms with Crippen molar-refractivity contribution in [2.24, 2.45) is 0 Å². The number of nitrogens with one attached hydrogen (secondary N) is 1. The van der Waals surface area contributed by atoms with Crippen molar-refractivity contribution in [2.75, 3.05) is 49.1 Å². The maximum atomic E-state index is 12.8. The number of benzene rings is 2. The van der Waals surface area contributed by atoms with Gasteiger partial charge in [0.2, 0.25) is 5.91 Å². The summed E-state index contributed by atoms with van der Waals surface area (Å²) in [7, 11) is 0. The van der Waals surface area contributed by atoms with E-state index in [-0.39, 0.29) is 5.91 Å². The molecule has 29 heavy (non-hydrogen) atoms. The maximum Gasteiger partial charge on any atom is 0.227 e. The molecule has 0 bridgehead atoms. The first kappa shape index (κ1) is 19.4. The molecule has 1 aromatic heterocycles. The van der Waals surface area contributed by atoms with Crippen molar-refractivity contribution < 1.29 is 4.79 Å². The Morgan fingerprint density at radius 2 is 1.66 bits per heavy atom. The fourth-order valence-electron chi connectivity index (χ4n) is 4.23. The van der Waals surface area contributed by atoms with Crippen molar-refractivity contribution in [3.63, 3.8) is 0 Å². The van der Waals surface area contributed by atoms with Crippen molar-refractivity contribution in [3.8, 4) is 0 Å². The van der Waals surface area contributed by atoms with Gasteiger partial charge in [0, 0.05) is 67.7 Å². The number of hydrogen-bond donors (Lipinski definition) is 1. The topological polar surface area (TPSA) is 42.6 Å². The monoisotopic (exact) mass is 390 g/mol. The van der Waals surface area contributed by atoms with E-state index in [2.05, 4.69) is 59.0 Å². The van der Waals surface area contributed by atoms with E-state index >= 15 is 0 Å². The smallest absolute Gasteiger partial charge is 0.227 e. The lowest BCUT2D eigenvalue weighted by Crippen LogP contribution is -2.49. The van der Waals surface area contributed by atoms with E-state index in [9.17, 15) is 4.79 Å². The number of hydrogen-bond acceptors (Lipinski definition) is 3. The van der Waals surface area contributed by atoms with Gasteiger partial charge in [0.1, 0.15) is 0 Å². The van der Waals surface area contributed by atoms with E-state index in [1.165, 1.54) is 11.4 Å². The lowest BCUT2D eigenvalue weighted by molar-refractivity contribution is -0.130. The SMILES string of the molecule is CCN(CC)c1ccc(N2CCN(C(=O)Cc3c[nH]c4ccccc34)CC2)cc1. The van der Waals surface area contributed by atoms with Crippen molar-refractivity contribution >= 4 is 28.2 Å². The molecule has 0 aliphatic carbocycles. The van der Waals surface area contributed by atoms with Gasteiger partial charge in [-0.1, -0.05) is 18.2 Å². The van der Waals surface area contributed by atoms with Crippen LogP contribution in [0.25, 0.3) is 10.9 Å². The Morgan fingerprint density at radius 1 is 0.966 bits per heavy atom. The molecule has 1 aliphatic heterocycles. The molecule has 2 heterocycles. The van der Waals surface area contributed by atoms with E-state index in [0.717, 1.165) is 55.7 Å². The van der Waals surface area contributed by atoms with Crippen LogP contribution in [0, 0.1) is 0 Å². The second-order valence-corrected chi connectivity index (χ2v) is 7.59. The summed E-state index contributed by atoms with van der Waals surface area (Å²) in [4.78, 5) is 22.8. The summed E-state index contributed by atoms with van der Waals surface area (Å²) in [5, 5.41) is 1.15. The van der Waals surface area contributed by atoms with Gasteiger partial charge in [-0.3, -0.25) is 4.79 Å². The summed E-state index contributed by atoms with van der Waals surface area (Å²) in [5.74, 6) is 0.214. The van der Waals surface area contributed by atoms with Gasteiger partial charge in [-0.2, -0.15) is 0 Å². The van der Waals surface area contributed by atoms with Gasteiger partial charge >= 0.3 is 0 Å². The van der Waals surface area contributed by atoms with Gasteiger partial charge in [0.05, 0.1) is 6.42 Å². The van der Waals surface area contributed by atoms with E-state index in [1.807, 2.05) is 29.3 Å². The minimum Gasteiger partial charge on any atom is -0.372 e. The van der Waals surface area contributed by atoms with Gasteiger partial charge in [0.25, 0.3) is 0 Å². The maximum absolute atomic E-state index is 12.8. The number of para-hydroxylation sites is 1. The van der Waals surface area contributed by atoms with E-state index in [1.54, 1.807) is 0 Å². The first-order valence-electron chi connectivity index (χ1n) is 10.6. The largest absolute Gasteiger partial charge is 0.372 e. The van der Waals surface area contributed by atoms with Crippen molar-refractivity contribution in [1.29, 1.82) is 0 Å². The number of rotatable bonds is 6. The molecule has 5 heteroatoms. The standard InChI is InChI=1S/C24H30N4O/c1-3-26(4-2)20-9-11-21(12-10-20)27-13-15-28(16-14-27)24(29)17-19-18-25-23-8-6-5-7-22(19)23/h5-12,18,25H,3-4,13-17H2,1-2H3. The molecule has 0 unspecified atom stereocenters. The molecule has 152 valence electrons. The van der Waals surface area contributed by atoms with E-state index in [0.29, 0.717) is 6.42 Å². The number of piperazine rings is 1. The molecule has 0 spiro atoms. The van der Waals surface area contributed by atoms with Crippen LogP contribution in [0.4, 0.5) is 11.4 Å². The average molecular weight is 391 g/mol. The van der Waals surface area contributed by atoms with Crippen LogP contribution in [-0.4, -0.2) is 55.1 Å². The molecule has 5 nitrogen and oxygen atoms in total. The van der Waals surface area contributed by atoms with E-state index in [4.69, 9.17) is 0 Å². The zero-order valence-corrected chi connectivity index (χ0v) is 17.4. The Bertz CT molecular complexity index is 950. The average Bonchev–Trinajstić information content (AvgIpc) is 3.18.